The van der Waals surface area contributed by atoms with Crippen LogP contribution in [0.3, 0.4) is 0 Å². The lowest BCUT2D eigenvalue weighted by molar-refractivity contribution is 0.147. The number of aromatic nitrogens is 3. The molecule has 3 N–H and O–H groups in total. The first-order chi connectivity index (χ1) is 13.5. The molecule has 0 aliphatic carbocycles. The fraction of sp³-hybridized carbons (Fsp3) is 0.474. The van der Waals surface area contributed by atoms with E-state index in [0.717, 1.165) is 24.9 Å². The van der Waals surface area contributed by atoms with Gasteiger partial charge in [0.2, 0.25) is 0 Å². The van der Waals surface area contributed by atoms with Crippen molar-refractivity contribution >= 4 is 17.7 Å². The summed E-state index contributed by atoms with van der Waals surface area (Å²) in [5, 5.41) is 16.6. The van der Waals surface area contributed by atoms with Gasteiger partial charge in [0.25, 0.3) is 0 Å². The number of carbonyl (C=O) groups excluding carboxylic acids is 2. The van der Waals surface area contributed by atoms with Crippen LogP contribution in [0.5, 0.6) is 0 Å². The molecule has 28 heavy (non-hydrogen) atoms. The number of hydrogen-bond donors (Lipinski definition) is 3. The van der Waals surface area contributed by atoms with Crippen LogP contribution in [0.4, 0.5) is 15.3 Å². The molecule has 0 unspecified atom stereocenters. The summed E-state index contributed by atoms with van der Waals surface area (Å²) < 4.78 is 1.79. The molecule has 1 aromatic heterocycles. The Morgan fingerprint density at radius 2 is 2.04 bits per heavy atom. The van der Waals surface area contributed by atoms with Gasteiger partial charge < -0.3 is 25.4 Å². The third kappa shape index (κ3) is 4.99. The second-order valence-electron chi connectivity index (χ2n) is 7.02. The van der Waals surface area contributed by atoms with Gasteiger partial charge in [0, 0.05) is 25.8 Å². The standard InChI is InChI=1S/C19H27N7O2/c1-14(17-24-21-13-25(17)2)22-19(28)26-11-7-6-10-16(26)12-20-18(27)23-15-8-4-3-5-9-15/h3-5,8-9,13-14,16H,6-7,10-12H2,1-2H3,(H,22,28)(H2,20,23,27)/t14-,16+/m0/s1. The lowest BCUT2D eigenvalue weighted by Crippen LogP contribution is -2.53. The van der Waals surface area contributed by atoms with Crippen molar-refractivity contribution in [1.82, 2.24) is 30.3 Å². The molecule has 9 nitrogen and oxygen atoms in total. The van der Waals surface area contributed by atoms with E-state index in [1.807, 2.05) is 44.3 Å². The van der Waals surface area contributed by atoms with E-state index < -0.39 is 0 Å². The van der Waals surface area contributed by atoms with Crippen LogP contribution in [0.2, 0.25) is 0 Å². The van der Waals surface area contributed by atoms with Gasteiger partial charge in [-0.15, -0.1) is 10.2 Å². The molecule has 2 aromatic rings. The summed E-state index contributed by atoms with van der Waals surface area (Å²) in [5.41, 5.74) is 0.732. The summed E-state index contributed by atoms with van der Waals surface area (Å²) in [6, 6.07) is 8.56. The largest absolute Gasteiger partial charge is 0.336 e. The van der Waals surface area contributed by atoms with Crippen molar-refractivity contribution in [3.05, 3.63) is 42.5 Å². The number of benzene rings is 1. The van der Waals surface area contributed by atoms with Crippen molar-refractivity contribution in [2.24, 2.45) is 7.05 Å². The molecule has 1 aliphatic rings. The van der Waals surface area contributed by atoms with Gasteiger partial charge in [-0.2, -0.15) is 0 Å². The van der Waals surface area contributed by atoms with Crippen molar-refractivity contribution < 1.29 is 9.59 Å². The van der Waals surface area contributed by atoms with Crippen LogP contribution in [0.15, 0.2) is 36.7 Å². The average Bonchev–Trinajstić information content (AvgIpc) is 3.13. The fourth-order valence-corrected chi connectivity index (χ4v) is 3.40. The smallest absolute Gasteiger partial charge is 0.319 e. The Hall–Kier alpha value is -3.10. The van der Waals surface area contributed by atoms with Gasteiger partial charge >= 0.3 is 12.1 Å². The number of amides is 4. The molecule has 2 heterocycles. The maximum Gasteiger partial charge on any atom is 0.319 e. The molecular formula is C19H27N7O2. The number of urea groups is 2. The summed E-state index contributed by atoms with van der Waals surface area (Å²) in [4.78, 5) is 26.7. The molecule has 9 heteroatoms. The van der Waals surface area contributed by atoms with E-state index in [9.17, 15) is 9.59 Å². The van der Waals surface area contributed by atoms with Gasteiger partial charge in [-0.05, 0) is 38.3 Å². The van der Waals surface area contributed by atoms with Crippen LogP contribution in [0, 0.1) is 0 Å². The molecule has 3 rings (SSSR count). The first-order valence-electron chi connectivity index (χ1n) is 9.55. The van der Waals surface area contributed by atoms with Crippen molar-refractivity contribution in [1.29, 1.82) is 0 Å². The number of anilines is 1. The van der Waals surface area contributed by atoms with Crippen LogP contribution < -0.4 is 16.0 Å². The summed E-state index contributed by atoms with van der Waals surface area (Å²) in [7, 11) is 1.84. The Morgan fingerprint density at radius 1 is 1.25 bits per heavy atom. The van der Waals surface area contributed by atoms with Crippen LogP contribution >= 0.6 is 0 Å². The predicted octanol–water partition coefficient (Wildman–Crippen LogP) is 2.26. The number of nitrogens with one attached hydrogen (secondary N) is 3. The fourth-order valence-electron chi connectivity index (χ4n) is 3.40. The number of nitrogens with zero attached hydrogens (tertiary/aromatic N) is 4. The number of likely N-dealkylation sites (tertiary alicyclic amines) is 1. The molecule has 150 valence electrons. The lowest BCUT2D eigenvalue weighted by atomic mass is 10.0. The van der Waals surface area contributed by atoms with E-state index in [4.69, 9.17) is 0 Å². The summed E-state index contributed by atoms with van der Waals surface area (Å²) >= 11 is 0. The van der Waals surface area contributed by atoms with Crippen LogP contribution in [0.25, 0.3) is 0 Å². The van der Waals surface area contributed by atoms with Gasteiger partial charge in [-0.1, -0.05) is 18.2 Å². The Labute approximate surface area is 164 Å². The Bertz CT molecular complexity index is 793. The zero-order valence-corrected chi connectivity index (χ0v) is 16.3. The van der Waals surface area contributed by atoms with Crippen molar-refractivity contribution in [3.8, 4) is 0 Å². The number of rotatable bonds is 5. The molecule has 0 spiro atoms. The quantitative estimate of drug-likeness (QED) is 0.734. The second kappa shape index (κ2) is 9.20. The van der Waals surface area contributed by atoms with Gasteiger partial charge in [0.1, 0.15) is 6.33 Å². The minimum atomic E-state index is -0.274. The number of para-hydroxylation sites is 1. The van der Waals surface area contributed by atoms with E-state index in [1.165, 1.54) is 0 Å². The van der Waals surface area contributed by atoms with E-state index in [-0.39, 0.29) is 24.1 Å². The monoisotopic (exact) mass is 385 g/mol. The minimum Gasteiger partial charge on any atom is -0.336 e. The highest BCUT2D eigenvalue weighted by molar-refractivity contribution is 5.89. The van der Waals surface area contributed by atoms with E-state index in [0.29, 0.717) is 18.9 Å². The lowest BCUT2D eigenvalue weighted by Gasteiger charge is -2.36. The number of piperidine rings is 1. The van der Waals surface area contributed by atoms with Gasteiger partial charge in [0.05, 0.1) is 12.1 Å². The zero-order chi connectivity index (χ0) is 19.9. The van der Waals surface area contributed by atoms with Crippen molar-refractivity contribution in [3.63, 3.8) is 0 Å². The molecule has 1 fully saturated rings. The Kier molecular flexibility index (Phi) is 6.46. The number of hydrogen-bond acceptors (Lipinski definition) is 4. The summed E-state index contributed by atoms with van der Waals surface area (Å²) in [5.74, 6) is 0.697. The van der Waals surface area contributed by atoms with Crippen LogP contribution in [-0.4, -0.2) is 50.9 Å². The van der Waals surface area contributed by atoms with E-state index in [1.54, 1.807) is 15.8 Å². The van der Waals surface area contributed by atoms with Crippen LogP contribution in [0.1, 0.15) is 38.1 Å². The normalized spacial score (nSPS) is 17.6. The molecule has 0 saturated carbocycles. The summed E-state index contributed by atoms with van der Waals surface area (Å²) in [6.07, 6.45) is 4.46. The second-order valence-corrected chi connectivity index (χ2v) is 7.02. The first-order valence-corrected chi connectivity index (χ1v) is 9.55. The first kappa shape index (κ1) is 19.7. The maximum absolute atomic E-state index is 12.8. The van der Waals surface area contributed by atoms with Gasteiger partial charge in [0.15, 0.2) is 5.82 Å². The van der Waals surface area contributed by atoms with Crippen LogP contribution in [-0.2, 0) is 7.05 Å². The van der Waals surface area contributed by atoms with Gasteiger partial charge in [-0.3, -0.25) is 0 Å². The molecule has 0 radical (unpaired) electrons. The molecule has 1 saturated heterocycles. The molecule has 1 aromatic carbocycles. The number of carbonyl (C=O) groups is 2. The highest BCUT2D eigenvalue weighted by Gasteiger charge is 2.28. The minimum absolute atomic E-state index is 0.0398. The number of aryl methyl sites for hydroxylation is 1. The molecule has 4 amide bonds. The van der Waals surface area contributed by atoms with E-state index in [2.05, 4.69) is 26.1 Å². The van der Waals surface area contributed by atoms with Crippen molar-refractivity contribution in [2.75, 3.05) is 18.4 Å². The average molecular weight is 385 g/mol. The third-order valence-electron chi connectivity index (χ3n) is 4.89. The topological polar surface area (TPSA) is 104 Å². The zero-order valence-electron chi connectivity index (χ0n) is 16.3. The van der Waals surface area contributed by atoms with Gasteiger partial charge in [-0.25, -0.2) is 9.59 Å². The molecule has 1 aliphatic heterocycles. The molecule has 2 atom stereocenters. The van der Waals surface area contributed by atoms with E-state index >= 15 is 0 Å². The highest BCUT2D eigenvalue weighted by Crippen LogP contribution is 2.18. The summed E-state index contributed by atoms with van der Waals surface area (Å²) in [6.45, 7) is 2.96. The Morgan fingerprint density at radius 3 is 2.75 bits per heavy atom. The molecule has 0 bridgehead atoms. The third-order valence-corrected chi connectivity index (χ3v) is 4.89. The SMILES string of the molecule is C[C@H](NC(=O)N1CCCC[C@@H]1CNC(=O)Nc1ccccc1)c1nncn1C. The highest BCUT2D eigenvalue weighted by atomic mass is 16.2. The maximum atomic E-state index is 12.8. The van der Waals surface area contributed by atoms with Crippen molar-refractivity contribution in [2.45, 2.75) is 38.3 Å². The Balaban J connectivity index is 1.53. The predicted molar refractivity (Wildman–Crippen MR) is 106 cm³/mol. The molecular weight excluding hydrogens is 358 g/mol.